The molecule has 4 rings (SSSR count). The third-order valence-electron chi connectivity index (χ3n) is 5.19. The monoisotopic (exact) mass is 434 g/mol. The van der Waals surface area contributed by atoms with Crippen LogP contribution in [0, 0.1) is 6.92 Å². The number of benzene rings is 2. The molecule has 6 nitrogen and oxygen atoms in total. The Bertz CT molecular complexity index is 1110. The molecular weight excluding hydrogens is 412 g/mol. The molecule has 0 spiro atoms. The molecule has 2 aromatic carbocycles. The number of hydrogen-bond acceptors (Lipinski definition) is 5. The number of amides is 1. The number of rotatable bonds is 7. The van der Waals surface area contributed by atoms with Gasteiger partial charge >= 0.3 is 12.1 Å². The zero-order valence-electron chi connectivity index (χ0n) is 17.0. The molecule has 0 bridgehead atoms. The predicted molar refractivity (Wildman–Crippen MR) is 121 cm³/mol. The Morgan fingerprint density at radius 2 is 1.77 bits per heavy atom. The Balaban J connectivity index is 1.27. The Morgan fingerprint density at radius 1 is 1.13 bits per heavy atom. The Hall–Kier alpha value is -3.45. The van der Waals surface area contributed by atoms with Crippen LogP contribution in [0.3, 0.4) is 0 Å². The molecule has 0 unspecified atom stereocenters. The lowest BCUT2D eigenvalue weighted by atomic mass is 9.98. The maximum atomic E-state index is 12.1. The highest BCUT2D eigenvalue weighted by Gasteiger charge is 2.28. The van der Waals surface area contributed by atoms with Crippen LogP contribution in [0.2, 0.25) is 0 Å². The topological polar surface area (TPSA) is 88.5 Å². The first kappa shape index (κ1) is 20.8. The van der Waals surface area contributed by atoms with Gasteiger partial charge < -0.3 is 15.2 Å². The third-order valence-corrected chi connectivity index (χ3v) is 6.30. The van der Waals surface area contributed by atoms with Crippen LogP contribution in [0.15, 0.2) is 54.6 Å². The zero-order valence-corrected chi connectivity index (χ0v) is 17.8. The number of alkyl carbamates (subject to hydrolysis) is 1. The quantitative estimate of drug-likeness (QED) is 0.506. The maximum absolute atomic E-state index is 12.1. The van der Waals surface area contributed by atoms with Crippen molar-refractivity contribution in [3.8, 4) is 11.1 Å². The second-order valence-electron chi connectivity index (χ2n) is 7.22. The van der Waals surface area contributed by atoms with Crippen LogP contribution in [0.1, 0.15) is 43.8 Å². The number of ether oxygens (including phenoxy) is 1. The van der Waals surface area contributed by atoms with Crippen molar-refractivity contribution in [1.82, 2.24) is 10.3 Å². The number of aryl methyl sites for hydroxylation is 1. The average molecular weight is 435 g/mol. The summed E-state index contributed by atoms with van der Waals surface area (Å²) >= 11 is 1.13. The number of carbonyl (C=O) groups excluding carboxylic acids is 1. The van der Waals surface area contributed by atoms with Gasteiger partial charge in [0.15, 0.2) is 0 Å². The first-order valence-corrected chi connectivity index (χ1v) is 10.8. The molecule has 158 valence electrons. The molecule has 31 heavy (non-hydrogen) atoms. The third kappa shape index (κ3) is 4.51. The van der Waals surface area contributed by atoms with Crippen LogP contribution in [0.5, 0.6) is 0 Å². The van der Waals surface area contributed by atoms with Crippen molar-refractivity contribution in [3.63, 3.8) is 0 Å². The molecule has 0 saturated carbocycles. The van der Waals surface area contributed by atoms with Crippen molar-refractivity contribution in [2.24, 2.45) is 0 Å². The number of aromatic nitrogens is 1. The Labute approximate surface area is 184 Å². The van der Waals surface area contributed by atoms with Crippen molar-refractivity contribution in [3.05, 3.63) is 81.3 Å². The van der Waals surface area contributed by atoms with E-state index >= 15 is 0 Å². The van der Waals surface area contributed by atoms with E-state index in [0.717, 1.165) is 11.3 Å². The molecule has 1 aromatic heterocycles. The summed E-state index contributed by atoms with van der Waals surface area (Å²) in [5.74, 6) is -0.929. The number of carbonyl (C=O) groups is 2. The molecule has 7 heteroatoms. The van der Waals surface area contributed by atoms with Gasteiger partial charge in [-0.05, 0) is 41.7 Å². The average Bonchev–Trinajstić information content (AvgIpc) is 3.30. The van der Waals surface area contributed by atoms with Crippen molar-refractivity contribution in [2.75, 3.05) is 13.2 Å². The summed E-state index contributed by atoms with van der Waals surface area (Å²) in [6.45, 7) is 2.38. The number of thiazole rings is 1. The number of hydrogen-bond donors (Lipinski definition) is 2. The van der Waals surface area contributed by atoms with Crippen LogP contribution in [-0.4, -0.2) is 35.3 Å². The van der Waals surface area contributed by atoms with Gasteiger partial charge in [0.1, 0.15) is 16.5 Å². The molecule has 1 heterocycles. The van der Waals surface area contributed by atoms with Crippen molar-refractivity contribution in [1.29, 1.82) is 0 Å². The van der Waals surface area contributed by atoms with E-state index < -0.39 is 12.1 Å². The Kier molecular flexibility index (Phi) is 6.13. The van der Waals surface area contributed by atoms with E-state index in [4.69, 9.17) is 9.84 Å². The molecule has 2 N–H and O–H groups in total. The number of nitrogens with zero attached hydrogens (tertiary/aromatic N) is 1. The van der Waals surface area contributed by atoms with E-state index in [-0.39, 0.29) is 17.4 Å². The fraction of sp³-hybridized carbons (Fsp3) is 0.208. The highest BCUT2D eigenvalue weighted by Crippen LogP contribution is 2.44. The second kappa shape index (κ2) is 9.14. The summed E-state index contributed by atoms with van der Waals surface area (Å²) in [7, 11) is 0. The van der Waals surface area contributed by atoms with Gasteiger partial charge in [-0.3, -0.25) is 0 Å². The molecule has 0 radical (unpaired) electrons. The lowest BCUT2D eigenvalue weighted by molar-refractivity contribution is 0.0701. The summed E-state index contributed by atoms with van der Waals surface area (Å²) in [5.41, 5.74) is 5.26. The fourth-order valence-electron chi connectivity index (χ4n) is 3.78. The van der Waals surface area contributed by atoms with E-state index in [1.165, 1.54) is 22.3 Å². The van der Waals surface area contributed by atoms with E-state index in [0.29, 0.717) is 23.7 Å². The van der Waals surface area contributed by atoms with E-state index in [1.54, 1.807) is 13.0 Å². The van der Waals surface area contributed by atoms with Crippen LogP contribution >= 0.6 is 11.3 Å². The highest BCUT2D eigenvalue weighted by atomic mass is 32.1. The lowest BCUT2D eigenvalue weighted by Crippen LogP contribution is -2.26. The minimum atomic E-state index is -0.966. The molecule has 1 aliphatic rings. The molecule has 1 amide bonds. The van der Waals surface area contributed by atoms with Crippen molar-refractivity contribution < 1.29 is 19.4 Å². The first-order valence-electron chi connectivity index (χ1n) is 10.0. The van der Waals surface area contributed by atoms with Gasteiger partial charge in [0.2, 0.25) is 0 Å². The van der Waals surface area contributed by atoms with Gasteiger partial charge in [0.25, 0.3) is 0 Å². The fourth-order valence-corrected chi connectivity index (χ4v) is 4.61. The molecule has 0 atom stereocenters. The zero-order chi connectivity index (χ0) is 21.8. The van der Waals surface area contributed by atoms with Gasteiger partial charge in [-0.1, -0.05) is 54.6 Å². The van der Waals surface area contributed by atoms with Crippen LogP contribution in [0.25, 0.3) is 17.2 Å². The van der Waals surface area contributed by atoms with Gasteiger partial charge in [0, 0.05) is 12.5 Å². The van der Waals surface area contributed by atoms with Gasteiger partial charge in [-0.15, -0.1) is 11.3 Å². The molecule has 0 saturated heterocycles. The van der Waals surface area contributed by atoms with Crippen LogP contribution in [0.4, 0.5) is 4.79 Å². The van der Waals surface area contributed by atoms with Crippen molar-refractivity contribution in [2.45, 2.75) is 19.3 Å². The number of fused-ring (bicyclic) bond motifs is 3. The number of carboxylic acids is 1. The van der Waals surface area contributed by atoms with Crippen molar-refractivity contribution >= 4 is 29.5 Å². The summed E-state index contributed by atoms with van der Waals surface area (Å²) in [6.07, 6.45) is 3.76. The summed E-state index contributed by atoms with van der Waals surface area (Å²) in [6, 6.07) is 16.4. The minimum Gasteiger partial charge on any atom is -0.477 e. The normalized spacial score (nSPS) is 12.5. The van der Waals surface area contributed by atoms with Gasteiger partial charge in [0.05, 0.1) is 5.69 Å². The largest absolute Gasteiger partial charge is 0.477 e. The van der Waals surface area contributed by atoms with Crippen LogP contribution < -0.4 is 5.32 Å². The van der Waals surface area contributed by atoms with E-state index in [1.807, 2.05) is 30.3 Å². The van der Waals surface area contributed by atoms with E-state index in [2.05, 4.69) is 34.6 Å². The van der Waals surface area contributed by atoms with Crippen LogP contribution in [-0.2, 0) is 4.74 Å². The number of aromatic carboxylic acids is 1. The number of nitrogens with one attached hydrogen (secondary N) is 1. The first-order chi connectivity index (χ1) is 15.0. The summed E-state index contributed by atoms with van der Waals surface area (Å²) in [4.78, 5) is 27.7. The van der Waals surface area contributed by atoms with Gasteiger partial charge in [-0.25, -0.2) is 14.6 Å². The predicted octanol–water partition coefficient (Wildman–Crippen LogP) is 5.09. The Morgan fingerprint density at radius 3 is 2.39 bits per heavy atom. The van der Waals surface area contributed by atoms with Gasteiger partial charge in [-0.2, -0.15) is 0 Å². The lowest BCUT2D eigenvalue weighted by Gasteiger charge is -2.14. The highest BCUT2D eigenvalue weighted by molar-refractivity contribution is 7.14. The molecule has 3 aromatic rings. The maximum Gasteiger partial charge on any atom is 0.407 e. The molecular formula is C24H22N2O4S. The summed E-state index contributed by atoms with van der Waals surface area (Å²) < 4.78 is 5.50. The molecule has 0 aliphatic heterocycles. The standard InChI is InChI=1S/C24H22N2O4S/c1-15-22(23(27)28)31-21(26-15)12-6-7-13-25-24(29)30-14-20-18-10-4-2-8-16(18)17-9-3-5-11-19(17)20/h2-6,8-12,20H,7,13-14H2,1H3,(H,25,29)(H,27,28). The second-order valence-corrected chi connectivity index (χ2v) is 8.25. The molecule has 0 fully saturated rings. The smallest absolute Gasteiger partial charge is 0.407 e. The SMILES string of the molecule is Cc1nc(C=CCCNC(=O)OCC2c3ccccc3-c3ccccc32)sc1C(=O)O. The minimum absolute atomic E-state index is 0.0367. The summed E-state index contributed by atoms with van der Waals surface area (Å²) in [5, 5.41) is 12.5. The molecule has 1 aliphatic carbocycles. The van der Waals surface area contributed by atoms with E-state index in [9.17, 15) is 9.59 Å². The number of carboxylic acid groups (broad SMARTS) is 1.